The van der Waals surface area contributed by atoms with Gasteiger partial charge in [0.2, 0.25) is 0 Å². The average molecular weight is 3130 g/mol. The van der Waals surface area contributed by atoms with Crippen molar-refractivity contribution in [2.24, 2.45) is 29.2 Å². The number of carbonyl (C=O) groups excluding carboxylic acids is 7. The van der Waals surface area contributed by atoms with Gasteiger partial charge in [-0.25, -0.2) is 0 Å². The van der Waals surface area contributed by atoms with Crippen LogP contribution >= 0.6 is 177 Å². The molecule has 3 saturated heterocycles. The van der Waals surface area contributed by atoms with Gasteiger partial charge < -0.3 is 10.5 Å². The van der Waals surface area contributed by atoms with Crippen LogP contribution in [0.4, 0.5) is 14.4 Å². The molecule has 0 aromatic heterocycles. The third-order valence-electron chi connectivity index (χ3n) is 12.5. The van der Waals surface area contributed by atoms with Crippen molar-refractivity contribution in [2.75, 3.05) is 124 Å². The number of halogens is 14. The Morgan fingerprint density at radius 3 is 1.03 bits per heavy atom. The van der Waals surface area contributed by atoms with Crippen molar-refractivity contribution >= 4 is 226 Å². The summed E-state index contributed by atoms with van der Waals surface area (Å²) in [4.78, 5) is 93.7. The molecule has 1 radical (unpaired) electrons. The zero-order valence-electron chi connectivity index (χ0n) is 61.8. The summed E-state index contributed by atoms with van der Waals surface area (Å²) in [5.74, 6) is 1.78. The van der Waals surface area contributed by atoms with Crippen LogP contribution in [-0.2, 0) is 38.1 Å². The van der Waals surface area contributed by atoms with E-state index in [0.717, 1.165) is 64.6 Å². The van der Waals surface area contributed by atoms with Gasteiger partial charge in [-0.3, -0.25) is 4.79 Å². The van der Waals surface area contributed by atoms with E-state index < -0.39 is 16.8 Å². The minimum absolute atomic E-state index is 0.137. The number of ether oxygens (including phenoxy) is 4. The Morgan fingerprint density at radius 1 is 0.510 bits per heavy atom. The molecule has 1 aliphatic carbocycles. The van der Waals surface area contributed by atoms with Gasteiger partial charge in [0.25, 0.3) is 0 Å². The molecular formula is C62H111BI14N7O11P7-7. The summed E-state index contributed by atoms with van der Waals surface area (Å²) < 4.78 is 22.5. The molecule has 0 spiro atoms. The van der Waals surface area contributed by atoms with Gasteiger partial charge in [0.05, 0.1) is 0 Å². The second-order valence-electron chi connectivity index (χ2n) is 23.7. The fourth-order valence-corrected chi connectivity index (χ4v) is 35.3. The maximum atomic E-state index is 11.4. The Morgan fingerprint density at radius 2 is 0.814 bits per heavy atom. The van der Waals surface area contributed by atoms with E-state index in [0.29, 0.717) is 181 Å². The molecule has 0 saturated carbocycles. The number of alkyl halides is 7. The van der Waals surface area contributed by atoms with Crippen LogP contribution in [0, 0.1) is 17.8 Å². The normalized spacial score (nSPS) is 17.4. The van der Waals surface area contributed by atoms with Crippen LogP contribution in [0.25, 0.3) is 11.1 Å². The molecule has 18 nitrogen and oxygen atoms in total. The molecule has 3 heterocycles. The molecule has 102 heavy (non-hydrogen) atoms. The second kappa shape index (κ2) is 69.4. The summed E-state index contributed by atoms with van der Waals surface area (Å²) in [6, 6.07) is 16.7. The van der Waals surface area contributed by atoms with Crippen LogP contribution < -0.4 is 183 Å². The Labute approximate surface area is 783 Å². The molecular weight excluding hydrogens is 3020 g/mol. The van der Waals surface area contributed by atoms with Gasteiger partial charge in [-0.15, -0.1) is 0 Å². The molecule has 3 aliphatic heterocycles. The number of hydrogen-bond donors (Lipinski definition) is 7. The molecule has 6 rings (SSSR count). The van der Waals surface area contributed by atoms with Crippen molar-refractivity contribution in [2.45, 2.75) is 124 Å². The third kappa shape index (κ3) is 62.7. The number of hydrogen-bond acceptors (Lipinski definition) is 13. The molecule has 0 bridgehead atoms. The van der Waals surface area contributed by atoms with Crippen LogP contribution in [0.2, 0.25) is 6.32 Å². The molecule has 40 heteroatoms. The molecule has 603 valence electrons. The molecule has 9 N–H and O–H groups in total. The van der Waals surface area contributed by atoms with E-state index in [1.165, 1.54) is 66.3 Å². The van der Waals surface area contributed by atoms with Gasteiger partial charge in [-0.1, -0.05) is 55.5 Å². The second-order valence-corrected chi connectivity index (χ2v) is 141. The first kappa shape index (κ1) is 114. The third-order valence-corrected chi connectivity index (χ3v) is 111. The number of benzene rings is 2. The standard InChI is InChI=1S/C17H16O2.3C9H19I2NO2P.C5H8BI2OP.2C5H9I2NOP.C2H7I2NP.CH5N/c1-2-17(18)19-11-16-14-9-5-3-7-12(14)13-8-4-6-10-15(13)16;3*1-9(2,3)14-8(13)12-6-5-7-15(10)11-4;1-8-10(7)3-4-2-6-5(4)9;2*1-7-10(6)3-4-2-8-5(4)9;1-4-6(3)2-5;1-2/h3-10,16H,2,11H2,1H3;3*5-7H2,1-4H3,(H,12,13);4H,2-3H2,1H3;2*4H,2-3H2,1H3,(H,8,9);2,5H2,1H3;2H2,1H3/q;7*-1;. The van der Waals surface area contributed by atoms with Gasteiger partial charge in [0, 0.05) is 12.3 Å². The number of β-lactam (4-membered cyclic amide) rings is 2. The number of amides is 5. The topological polar surface area (TPSA) is 269 Å². The zero-order valence-corrected chi connectivity index (χ0v) is 98.3. The van der Waals surface area contributed by atoms with Crippen LogP contribution in [0.15, 0.2) is 48.5 Å². The van der Waals surface area contributed by atoms with Crippen molar-refractivity contribution in [3.05, 3.63) is 59.7 Å². The number of rotatable bonds is 29. The maximum absolute atomic E-state index is 11.4. The van der Waals surface area contributed by atoms with Crippen LogP contribution in [0.5, 0.6) is 0 Å². The summed E-state index contributed by atoms with van der Waals surface area (Å²) >= 11 is 20.5. The van der Waals surface area contributed by atoms with Gasteiger partial charge in [-0.2, -0.15) is 0 Å². The quantitative estimate of drug-likeness (QED) is 0.00676. The first-order valence-electron chi connectivity index (χ1n) is 31.8. The molecule has 2 aromatic rings. The van der Waals surface area contributed by atoms with Crippen molar-refractivity contribution < 1.29 is 197 Å². The minimum atomic E-state index is -0.394. The fourth-order valence-electron chi connectivity index (χ4n) is 7.36. The summed E-state index contributed by atoms with van der Waals surface area (Å²) in [6.07, 6.45) is 12.1. The van der Waals surface area contributed by atoms with E-state index in [4.69, 9.17) is 24.7 Å². The van der Waals surface area contributed by atoms with Crippen LogP contribution in [0.1, 0.15) is 112 Å². The predicted molar refractivity (Wildman–Crippen MR) is 480 cm³/mol. The Hall–Kier alpha value is 7.54. The molecule has 10 atom stereocenters. The van der Waals surface area contributed by atoms with E-state index in [1.807, 2.05) is 88.6 Å². The van der Waals surface area contributed by atoms with Gasteiger partial charge in [0.15, 0.2) is 0 Å². The van der Waals surface area contributed by atoms with Crippen LogP contribution in [0.3, 0.4) is 0 Å². The first-order chi connectivity index (χ1) is 47.9. The van der Waals surface area contributed by atoms with E-state index in [9.17, 15) is 33.6 Å². The Bertz CT molecular complexity index is 2410. The zero-order chi connectivity index (χ0) is 78.6. The number of alkyl carbamates (subject to hydrolysis) is 3. The number of nitrogens with one attached hydrogen (secondary N) is 5. The first-order valence-corrected chi connectivity index (χ1v) is 96.6. The van der Waals surface area contributed by atoms with Gasteiger partial charge in [0.1, 0.15) is 6.61 Å². The van der Waals surface area contributed by atoms with Gasteiger partial charge >= 0.3 is 679 Å². The molecule has 10 unspecified atom stereocenters. The van der Waals surface area contributed by atoms with Crippen molar-refractivity contribution in [3.63, 3.8) is 0 Å². The summed E-state index contributed by atoms with van der Waals surface area (Å²) in [7, 11) is 3.32. The Balaban J connectivity index is -0.00000111. The monoisotopic (exact) mass is 3130 g/mol. The van der Waals surface area contributed by atoms with E-state index >= 15 is 0 Å². The number of fused-ring (bicyclic) bond motifs is 3. The number of carbonyl (C=O) groups is 7. The molecule has 2 aromatic carbocycles. The SMILES string of the molecule is CCC(=O)OCC1c2ccccc2-c2ccccc21.CN.C[I-]P(I)CC1CNC1=O.C[I-]P(I)CC1CNC1=O.C[I-]P(I)CC1C[B]C1=O.C[I-]P(I)CCCNC(=O)OC(C)(C)C.C[I-]P(I)CCCNC(=O)OC(C)(C)C.C[I-]P(I)CCCNC(=O)OC(C)(C)C.C[I-]P(I)CN. The number of nitrogens with two attached hydrogens (primary N) is 2. The fraction of sp³-hybridized carbons (Fsp3) is 0.694. The Kier molecular flexibility index (Phi) is 77.3. The van der Waals surface area contributed by atoms with Crippen molar-refractivity contribution in [3.8, 4) is 11.1 Å². The molecule has 3 fully saturated rings. The summed E-state index contributed by atoms with van der Waals surface area (Å²) in [6.45, 7) is 23.2. The van der Waals surface area contributed by atoms with E-state index in [1.54, 1.807) is 0 Å². The van der Waals surface area contributed by atoms with E-state index in [2.05, 4.69) is 258 Å². The average Bonchev–Trinajstić information content (AvgIpc) is 1.62. The molecule has 4 aliphatic rings. The van der Waals surface area contributed by atoms with Crippen molar-refractivity contribution in [1.29, 1.82) is 0 Å². The molecule has 5 amide bonds. The van der Waals surface area contributed by atoms with Crippen molar-refractivity contribution in [1.82, 2.24) is 26.6 Å². The summed E-state index contributed by atoms with van der Waals surface area (Å²) in [5, 5.41) is 13.9. The van der Waals surface area contributed by atoms with E-state index in [-0.39, 0.29) is 64.4 Å². The predicted octanol–water partition coefficient (Wildman–Crippen LogP) is -2.08. The number of esters is 1. The van der Waals surface area contributed by atoms with Crippen LogP contribution in [-0.4, -0.2) is 190 Å². The summed E-state index contributed by atoms with van der Waals surface area (Å²) in [5.41, 5.74) is 14.1. The van der Waals surface area contributed by atoms with Gasteiger partial charge in [-0.05, 0) is 29.3 Å².